The molecular weight excluding hydrogens is 310 g/mol. The second kappa shape index (κ2) is 10.1. The molecule has 1 aromatic rings. The molecule has 1 aliphatic heterocycles. The van der Waals surface area contributed by atoms with Gasteiger partial charge in [-0.25, -0.2) is 4.99 Å². The minimum absolute atomic E-state index is 0.244. The van der Waals surface area contributed by atoms with Gasteiger partial charge in [0.05, 0.1) is 32.6 Å². The number of nitrogens with zero attached hydrogens (tertiary/aromatic N) is 1. The van der Waals surface area contributed by atoms with Crippen LogP contribution in [0.1, 0.15) is 30.8 Å². The largest absolute Gasteiger partial charge is 0.465 e. The van der Waals surface area contributed by atoms with Crippen molar-refractivity contribution in [3.8, 4) is 0 Å². The summed E-state index contributed by atoms with van der Waals surface area (Å²) in [6.07, 6.45) is 2.41. The van der Waals surface area contributed by atoms with Crippen molar-refractivity contribution in [1.82, 2.24) is 5.32 Å². The molecule has 0 atom stereocenters. The van der Waals surface area contributed by atoms with E-state index in [1.807, 2.05) is 13.8 Å². The SMILES string of the molecule is CC(C)COC(=NCCC[NH+]1CCOCC1)NC(=O)c1ccco1. The molecule has 2 N–H and O–H groups in total. The molecule has 0 aliphatic carbocycles. The summed E-state index contributed by atoms with van der Waals surface area (Å²) in [6, 6.07) is 3.55. The first-order chi connectivity index (χ1) is 11.6. The van der Waals surface area contributed by atoms with Crippen molar-refractivity contribution in [2.45, 2.75) is 20.3 Å². The van der Waals surface area contributed by atoms with Crippen LogP contribution in [-0.2, 0) is 9.47 Å². The van der Waals surface area contributed by atoms with Gasteiger partial charge in [-0.2, -0.15) is 0 Å². The van der Waals surface area contributed by atoms with E-state index in [1.54, 1.807) is 17.0 Å². The number of aliphatic imine (C=N–C) groups is 1. The third-order valence-electron chi connectivity index (χ3n) is 3.66. The van der Waals surface area contributed by atoms with Gasteiger partial charge in [-0.15, -0.1) is 0 Å². The molecule has 1 fully saturated rings. The monoisotopic (exact) mass is 338 g/mol. The number of rotatable bonds is 7. The van der Waals surface area contributed by atoms with E-state index in [-0.39, 0.29) is 17.7 Å². The third kappa shape index (κ3) is 6.72. The summed E-state index contributed by atoms with van der Waals surface area (Å²) < 4.78 is 16.1. The van der Waals surface area contributed by atoms with Gasteiger partial charge in [0.2, 0.25) is 0 Å². The normalized spacial score (nSPS) is 16.4. The molecule has 1 aromatic heterocycles. The Morgan fingerprint density at radius 2 is 2.21 bits per heavy atom. The van der Waals surface area contributed by atoms with Gasteiger partial charge >= 0.3 is 0 Å². The van der Waals surface area contributed by atoms with Crippen LogP contribution in [0.25, 0.3) is 0 Å². The van der Waals surface area contributed by atoms with E-state index in [4.69, 9.17) is 13.9 Å². The van der Waals surface area contributed by atoms with Crippen molar-refractivity contribution in [3.05, 3.63) is 24.2 Å². The Morgan fingerprint density at radius 1 is 1.42 bits per heavy atom. The molecule has 1 saturated heterocycles. The molecule has 2 rings (SSSR count). The van der Waals surface area contributed by atoms with E-state index in [2.05, 4.69) is 10.3 Å². The number of carbonyl (C=O) groups excluding carboxylic acids is 1. The summed E-state index contributed by atoms with van der Waals surface area (Å²) in [5, 5.41) is 2.68. The van der Waals surface area contributed by atoms with Gasteiger partial charge in [0.15, 0.2) is 5.76 Å². The Kier molecular flexibility index (Phi) is 7.77. The number of furan rings is 1. The van der Waals surface area contributed by atoms with Crippen LogP contribution in [0.4, 0.5) is 0 Å². The molecule has 1 aliphatic rings. The fourth-order valence-corrected chi connectivity index (χ4v) is 2.35. The molecule has 0 aromatic carbocycles. The number of amides is 1. The van der Waals surface area contributed by atoms with E-state index >= 15 is 0 Å². The van der Waals surface area contributed by atoms with Crippen LogP contribution in [0.2, 0.25) is 0 Å². The van der Waals surface area contributed by atoms with Crippen molar-refractivity contribution in [1.29, 1.82) is 0 Å². The number of amidine groups is 1. The summed E-state index contributed by atoms with van der Waals surface area (Å²) in [7, 11) is 0. The first-order valence-electron chi connectivity index (χ1n) is 8.58. The number of hydrogen-bond acceptors (Lipinski definition) is 5. The lowest BCUT2D eigenvalue weighted by atomic mass is 10.2. The highest BCUT2D eigenvalue weighted by Crippen LogP contribution is 2.00. The quantitative estimate of drug-likeness (QED) is 0.427. The van der Waals surface area contributed by atoms with Gasteiger partial charge < -0.3 is 18.8 Å². The molecular formula is C17H28N3O4+. The Balaban J connectivity index is 1.80. The lowest BCUT2D eigenvalue weighted by Gasteiger charge is -2.23. The number of morpholine rings is 1. The Morgan fingerprint density at radius 3 is 2.88 bits per heavy atom. The first-order valence-corrected chi connectivity index (χ1v) is 8.58. The molecule has 7 nitrogen and oxygen atoms in total. The maximum Gasteiger partial charge on any atom is 0.294 e. The predicted octanol–water partition coefficient (Wildman–Crippen LogP) is 0.343. The summed E-state index contributed by atoms with van der Waals surface area (Å²) in [4.78, 5) is 18.0. The third-order valence-corrected chi connectivity index (χ3v) is 3.66. The second-order valence-electron chi connectivity index (χ2n) is 6.29. The van der Waals surface area contributed by atoms with Crippen LogP contribution in [0.3, 0.4) is 0 Å². The molecule has 1 amide bonds. The number of ether oxygens (including phenoxy) is 2. The van der Waals surface area contributed by atoms with Gasteiger partial charge in [-0.1, -0.05) is 13.8 Å². The maximum absolute atomic E-state index is 12.1. The van der Waals surface area contributed by atoms with Crippen LogP contribution in [0.5, 0.6) is 0 Å². The summed E-state index contributed by atoms with van der Waals surface area (Å²) in [5.74, 6) is 0.253. The topological polar surface area (TPSA) is 77.5 Å². The highest BCUT2D eigenvalue weighted by atomic mass is 16.5. The fraction of sp³-hybridized carbons (Fsp3) is 0.647. The van der Waals surface area contributed by atoms with Gasteiger partial charge in [0.1, 0.15) is 13.1 Å². The lowest BCUT2D eigenvalue weighted by Crippen LogP contribution is -3.14. The number of hydrogen-bond donors (Lipinski definition) is 2. The van der Waals surface area contributed by atoms with E-state index in [1.165, 1.54) is 6.26 Å². The van der Waals surface area contributed by atoms with Crippen LogP contribution in [0.15, 0.2) is 27.8 Å². The Labute approximate surface area is 143 Å². The van der Waals surface area contributed by atoms with Gasteiger partial charge in [-0.3, -0.25) is 10.1 Å². The van der Waals surface area contributed by atoms with Crippen LogP contribution in [-0.4, -0.2) is 57.9 Å². The lowest BCUT2D eigenvalue weighted by molar-refractivity contribution is -0.908. The van der Waals surface area contributed by atoms with Gasteiger partial charge in [0.25, 0.3) is 11.9 Å². The summed E-state index contributed by atoms with van der Waals surface area (Å²) in [6.45, 7) is 10.0. The van der Waals surface area contributed by atoms with Gasteiger partial charge in [-0.05, 0) is 18.1 Å². The average Bonchev–Trinajstić information content (AvgIpc) is 3.11. The minimum Gasteiger partial charge on any atom is -0.465 e. The Bertz CT molecular complexity index is 508. The maximum atomic E-state index is 12.1. The van der Waals surface area contributed by atoms with Crippen molar-refractivity contribution in [2.75, 3.05) is 46.0 Å². The van der Waals surface area contributed by atoms with E-state index in [9.17, 15) is 4.79 Å². The predicted molar refractivity (Wildman–Crippen MR) is 90.3 cm³/mol. The van der Waals surface area contributed by atoms with E-state index in [0.717, 1.165) is 39.3 Å². The van der Waals surface area contributed by atoms with E-state index in [0.29, 0.717) is 19.1 Å². The molecule has 7 heteroatoms. The van der Waals surface area contributed by atoms with Crippen molar-refractivity contribution in [3.63, 3.8) is 0 Å². The van der Waals surface area contributed by atoms with E-state index < -0.39 is 0 Å². The summed E-state index contributed by atoms with van der Waals surface area (Å²) >= 11 is 0. The van der Waals surface area contributed by atoms with Crippen LogP contribution >= 0.6 is 0 Å². The molecule has 0 spiro atoms. The zero-order chi connectivity index (χ0) is 17.2. The molecule has 0 saturated carbocycles. The second-order valence-corrected chi connectivity index (χ2v) is 6.29. The standard InChI is InChI=1S/C17H27N3O4/c1-14(2)13-24-17(19-16(21)15-5-3-10-23-15)18-6-4-7-20-8-11-22-12-9-20/h3,5,10,14H,4,6-9,11-13H2,1-2H3,(H,18,19,21)/p+1. The molecule has 0 radical (unpaired) electrons. The van der Waals surface area contributed by atoms with Crippen molar-refractivity contribution in [2.24, 2.45) is 10.9 Å². The first kappa shape index (κ1) is 18.5. The number of carbonyl (C=O) groups is 1. The highest BCUT2D eigenvalue weighted by Gasteiger charge is 2.14. The Hall–Kier alpha value is -1.86. The minimum atomic E-state index is -0.346. The molecule has 0 unspecified atom stereocenters. The fourth-order valence-electron chi connectivity index (χ4n) is 2.35. The van der Waals surface area contributed by atoms with Crippen LogP contribution in [0, 0.1) is 5.92 Å². The van der Waals surface area contributed by atoms with Crippen molar-refractivity contribution < 1.29 is 23.6 Å². The molecule has 134 valence electrons. The number of nitrogens with one attached hydrogen (secondary N) is 2. The average molecular weight is 338 g/mol. The van der Waals surface area contributed by atoms with Crippen LogP contribution < -0.4 is 10.2 Å². The van der Waals surface area contributed by atoms with Crippen molar-refractivity contribution >= 4 is 11.9 Å². The highest BCUT2D eigenvalue weighted by molar-refractivity contribution is 6.02. The summed E-state index contributed by atoms with van der Waals surface area (Å²) in [5.41, 5.74) is 0. The van der Waals surface area contributed by atoms with Gasteiger partial charge in [0, 0.05) is 13.0 Å². The zero-order valence-corrected chi connectivity index (χ0v) is 14.5. The zero-order valence-electron chi connectivity index (χ0n) is 14.5. The smallest absolute Gasteiger partial charge is 0.294 e. The number of quaternary nitrogens is 1. The molecule has 0 bridgehead atoms. The molecule has 2 heterocycles. The molecule has 24 heavy (non-hydrogen) atoms.